The van der Waals surface area contributed by atoms with Gasteiger partial charge in [0.15, 0.2) is 0 Å². The highest BCUT2D eigenvalue weighted by atomic mass is 16.5. The molecule has 1 aromatic rings. The smallest absolute Gasteiger partial charge is 0.328 e. The van der Waals surface area contributed by atoms with Crippen molar-refractivity contribution in [3.63, 3.8) is 0 Å². The van der Waals surface area contributed by atoms with E-state index in [4.69, 9.17) is 20.1 Å². The van der Waals surface area contributed by atoms with Crippen LogP contribution in [-0.4, -0.2) is 71.5 Å². The van der Waals surface area contributed by atoms with E-state index in [1.807, 2.05) is 44.3 Å². The molecule has 28 heavy (non-hydrogen) atoms. The number of hydrogen-bond acceptors (Lipinski definition) is 6. The van der Waals surface area contributed by atoms with E-state index in [0.29, 0.717) is 25.3 Å². The Labute approximate surface area is 164 Å². The molecule has 1 fully saturated rings. The Kier molecular flexibility index (Phi) is 9.34. The zero-order valence-corrected chi connectivity index (χ0v) is 16.1. The Hall–Kier alpha value is -2.71. The van der Waals surface area contributed by atoms with Gasteiger partial charge in [-0.2, -0.15) is 0 Å². The quantitative estimate of drug-likeness (QED) is 0.421. The molecule has 8 heteroatoms. The lowest BCUT2D eigenvalue weighted by Crippen LogP contribution is -2.31. The molecule has 0 aromatic heterocycles. The molecular weight excluding hydrogens is 366 g/mol. The number of aliphatic carboxylic acids is 2. The molecule has 1 aromatic carbocycles. The van der Waals surface area contributed by atoms with Gasteiger partial charge in [-0.1, -0.05) is 30.3 Å². The maximum absolute atomic E-state index is 12.4. The normalized spacial score (nSPS) is 20.4. The van der Waals surface area contributed by atoms with Crippen LogP contribution in [0.4, 0.5) is 0 Å². The van der Waals surface area contributed by atoms with Crippen LogP contribution in [0.5, 0.6) is 0 Å². The van der Waals surface area contributed by atoms with Gasteiger partial charge in [0.25, 0.3) is 0 Å². The number of carboxylic acid groups (broad SMARTS) is 2. The van der Waals surface area contributed by atoms with Crippen molar-refractivity contribution >= 4 is 17.9 Å². The number of esters is 1. The first-order valence-corrected chi connectivity index (χ1v) is 8.94. The summed E-state index contributed by atoms with van der Waals surface area (Å²) in [6.45, 7) is 3.82. The van der Waals surface area contributed by atoms with E-state index in [9.17, 15) is 14.4 Å². The molecule has 8 nitrogen and oxygen atoms in total. The number of carbonyl (C=O) groups is 3. The summed E-state index contributed by atoms with van der Waals surface area (Å²) in [7, 11) is 1.97. The Morgan fingerprint density at radius 1 is 1.18 bits per heavy atom. The Morgan fingerprint density at radius 2 is 1.75 bits per heavy atom. The number of hydrogen-bond donors (Lipinski definition) is 3. The average Bonchev–Trinajstić information content (AvgIpc) is 3.36. The van der Waals surface area contributed by atoms with E-state index in [2.05, 4.69) is 4.90 Å². The van der Waals surface area contributed by atoms with Gasteiger partial charge >= 0.3 is 17.9 Å². The van der Waals surface area contributed by atoms with Crippen molar-refractivity contribution < 1.29 is 34.4 Å². The first-order chi connectivity index (χ1) is 13.3. The minimum atomic E-state index is -1.26. The second-order valence-corrected chi connectivity index (χ2v) is 6.45. The van der Waals surface area contributed by atoms with Crippen molar-refractivity contribution in [3.05, 3.63) is 48.0 Å². The maximum Gasteiger partial charge on any atom is 0.328 e. The second kappa shape index (κ2) is 11.2. The zero-order valence-electron chi connectivity index (χ0n) is 16.1. The Morgan fingerprint density at radius 3 is 2.21 bits per heavy atom. The Balaban J connectivity index is 0.000000416. The van der Waals surface area contributed by atoms with Gasteiger partial charge in [0, 0.05) is 25.2 Å². The summed E-state index contributed by atoms with van der Waals surface area (Å²) < 4.78 is 5.29. The van der Waals surface area contributed by atoms with Crippen molar-refractivity contribution in [3.8, 4) is 0 Å². The van der Waals surface area contributed by atoms with Gasteiger partial charge in [-0.15, -0.1) is 0 Å². The lowest BCUT2D eigenvalue weighted by Gasteiger charge is -2.20. The van der Waals surface area contributed by atoms with E-state index in [1.54, 1.807) is 0 Å². The first kappa shape index (κ1) is 23.3. The SMILES string of the molecule is CCOC(=O)[C@]1(c2ccccc2)C[C@@H]1CN(C)CCO.O=C(O)/C=C/C(=O)O. The van der Waals surface area contributed by atoms with Gasteiger partial charge < -0.3 is 25.0 Å². The fourth-order valence-electron chi connectivity index (χ4n) is 3.05. The number of rotatable bonds is 9. The van der Waals surface area contributed by atoms with Crippen molar-refractivity contribution in [1.82, 2.24) is 4.90 Å². The minimum Gasteiger partial charge on any atom is -0.478 e. The van der Waals surface area contributed by atoms with Gasteiger partial charge in [0.1, 0.15) is 0 Å². The third kappa shape index (κ3) is 6.79. The molecule has 2 rings (SSSR count). The first-order valence-electron chi connectivity index (χ1n) is 8.94. The summed E-state index contributed by atoms with van der Waals surface area (Å²) in [6, 6.07) is 9.88. The van der Waals surface area contributed by atoms with Gasteiger partial charge in [-0.3, -0.25) is 4.79 Å². The highest BCUT2D eigenvalue weighted by molar-refractivity contribution is 5.89. The number of likely N-dealkylation sites (N-methyl/N-ethyl adjacent to an activating group) is 1. The summed E-state index contributed by atoms with van der Waals surface area (Å²) in [6.07, 6.45) is 1.94. The summed E-state index contributed by atoms with van der Waals surface area (Å²) in [5, 5.41) is 24.6. The molecule has 0 saturated heterocycles. The van der Waals surface area contributed by atoms with Crippen LogP contribution in [0.15, 0.2) is 42.5 Å². The van der Waals surface area contributed by atoms with Gasteiger partial charge in [-0.25, -0.2) is 9.59 Å². The number of aliphatic hydroxyl groups is 1. The summed E-state index contributed by atoms with van der Waals surface area (Å²) in [5.74, 6) is -2.37. The van der Waals surface area contributed by atoms with E-state index < -0.39 is 17.4 Å². The number of carbonyl (C=O) groups excluding carboxylic acids is 1. The summed E-state index contributed by atoms with van der Waals surface area (Å²) >= 11 is 0. The predicted molar refractivity (Wildman–Crippen MR) is 102 cm³/mol. The van der Waals surface area contributed by atoms with E-state index >= 15 is 0 Å². The van der Waals surface area contributed by atoms with Gasteiger partial charge in [0.2, 0.25) is 0 Å². The number of aliphatic hydroxyl groups excluding tert-OH is 1. The lowest BCUT2D eigenvalue weighted by molar-refractivity contribution is -0.146. The van der Waals surface area contributed by atoms with E-state index in [0.717, 1.165) is 18.5 Å². The minimum absolute atomic E-state index is 0.117. The van der Waals surface area contributed by atoms with E-state index in [-0.39, 0.29) is 18.5 Å². The molecular formula is C20H27NO7. The average molecular weight is 393 g/mol. The van der Waals surface area contributed by atoms with Gasteiger partial charge in [0.05, 0.1) is 18.6 Å². The van der Waals surface area contributed by atoms with Crippen LogP contribution in [0.2, 0.25) is 0 Å². The van der Waals surface area contributed by atoms with Crippen molar-refractivity contribution in [2.24, 2.45) is 5.92 Å². The summed E-state index contributed by atoms with van der Waals surface area (Å²) in [5.41, 5.74) is 0.557. The molecule has 0 spiro atoms. The maximum atomic E-state index is 12.4. The molecule has 0 unspecified atom stereocenters. The van der Waals surface area contributed by atoms with Crippen molar-refractivity contribution in [2.75, 3.05) is 33.4 Å². The largest absolute Gasteiger partial charge is 0.478 e. The highest BCUT2D eigenvalue weighted by Crippen LogP contribution is 2.55. The fraction of sp³-hybridized carbons (Fsp3) is 0.450. The van der Waals surface area contributed by atoms with Crippen LogP contribution in [0.3, 0.4) is 0 Å². The second-order valence-electron chi connectivity index (χ2n) is 6.45. The van der Waals surface area contributed by atoms with E-state index in [1.165, 1.54) is 0 Å². The third-order valence-electron chi connectivity index (χ3n) is 4.42. The van der Waals surface area contributed by atoms with Gasteiger partial charge in [-0.05, 0) is 31.9 Å². The molecule has 2 atom stereocenters. The van der Waals surface area contributed by atoms with Crippen molar-refractivity contribution in [1.29, 1.82) is 0 Å². The van der Waals surface area contributed by atoms with Crippen LogP contribution < -0.4 is 0 Å². The highest BCUT2D eigenvalue weighted by Gasteiger charge is 2.62. The molecule has 1 aliphatic rings. The van der Waals surface area contributed by atoms with Crippen LogP contribution >= 0.6 is 0 Å². The zero-order chi connectivity index (χ0) is 21.2. The monoisotopic (exact) mass is 393 g/mol. The molecule has 154 valence electrons. The molecule has 0 heterocycles. The standard InChI is InChI=1S/C16H23NO3.C4H4O4/c1-3-20-15(19)16(13-7-5-4-6-8-13)11-14(16)12-17(2)9-10-18;5-3(6)1-2-4(7)8/h4-8,14,18H,3,9-12H2,1-2H3;1-2H,(H,5,6)(H,7,8)/b;2-1+/t14-,16+;/m1./s1. The van der Waals surface area contributed by atoms with Crippen LogP contribution in [0.1, 0.15) is 18.9 Å². The summed E-state index contributed by atoms with van der Waals surface area (Å²) in [4.78, 5) is 33.6. The topological polar surface area (TPSA) is 124 Å². The van der Waals surface area contributed by atoms with Crippen LogP contribution in [0.25, 0.3) is 0 Å². The van der Waals surface area contributed by atoms with Crippen LogP contribution in [0, 0.1) is 5.92 Å². The number of benzene rings is 1. The molecule has 0 bridgehead atoms. The van der Waals surface area contributed by atoms with Crippen LogP contribution in [-0.2, 0) is 24.5 Å². The molecule has 1 saturated carbocycles. The Bertz CT molecular complexity index is 673. The van der Waals surface area contributed by atoms with Crippen molar-refractivity contribution in [2.45, 2.75) is 18.8 Å². The molecule has 3 N–H and O–H groups in total. The lowest BCUT2D eigenvalue weighted by atomic mass is 9.93. The molecule has 0 aliphatic heterocycles. The number of nitrogens with zero attached hydrogens (tertiary/aromatic N) is 1. The third-order valence-corrected chi connectivity index (χ3v) is 4.42. The molecule has 0 radical (unpaired) electrons. The number of carboxylic acids is 2. The molecule has 0 amide bonds. The fourth-order valence-corrected chi connectivity index (χ4v) is 3.05. The predicted octanol–water partition coefficient (Wildman–Crippen LogP) is 1.14. The molecule has 1 aliphatic carbocycles. The number of ether oxygens (including phenoxy) is 1.